The highest BCUT2D eigenvalue weighted by molar-refractivity contribution is 6.42. The molecule has 1 saturated carbocycles. The van der Waals surface area contributed by atoms with E-state index in [2.05, 4.69) is 12.2 Å². The van der Waals surface area contributed by atoms with Crippen LogP contribution in [0.2, 0.25) is 15.1 Å². The lowest BCUT2D eigenvalue weighted by Crippen LogP contribution is -2.37. The maximum atomic E-state index is 12.3. The molecule has 1 aromatic rings. The Morgan fingerprint density at radius 3 is 2.40 bits per heavy atom. The van der Waals surface area contributed by atoms with E-state index in [9.17, 15) is 4.79 Å². The molecule has 0 spiro atoms. The molecule has 0 saturated heterocycles. The van der Waals surface area contributed by atoms with E-state index in [1.54, 1.807) is 12.1 Å². The van der Waals surface area contributed by atoms with E-state index in [-0.39, 0.29) is 6.03 Å². The number of carbonyl (C=O) groups excluding carboxylic acids is 1. The zero-order chi connectivity index (χ0) is 14.7. The highest BCUT2D eigenvalue weighted by Crippen LogP contribution is 2.34. The molecule has 0 aliphatic heterocycles. The Bertz CT molecular complexity index is 480. The van der Waals surface area contributed by atoms with Gasteiger partial charge in [-0.3, -0.25) is 0 Å². The van der Waals surface area contributed by atoms with Crippen molar-refractivity contribution in [1.82, 2.24) is 4.90 Å². The molecule has 0 atom stereocenters. The summed E-state index contributed by atoms with van der Waals surface area (Å²) < 4.78 is 0. The van der Waals surface area contributed by atoms with Crippen LogP contribution in [0.3, 0.4) is 0 Å². The summed E-state index contributed by atoms with van der Waals surface area (Å²) >= 11 is 18.0. The van der Waals surface area contributed by atoms with Crippen LogP contribution in [0.1, 0.15) is 26.2 Å². The molecule has 1 N–H and O–H groups in total. The average Bonchev–Trinajstić information content (AvgIpc) is 3.17. The fourth-order valence-electron chi connectivity index (χ4n) is 2.01. The first kappa shape index (κ1) is 15.7. The first-order valence-corrected chi connectivity index (χ1v) is 7.85. The van der Waals surface area contributed by atoms with Crippen molar-refractivity contribution in [2.45, 2.75) is 26.2 Å². The van der Waals surface area contributed by atoms with Crippen molar-refractivity contribution in [3.8, 4) is 0 Å². The number of hydrogen-bond acceptors (Lipinski definition) is 1. The van der Waals surface area contributed by atoms with Crippen LogP contribution in [0.25, 0.3) is 0 Å². The second-order valence-electron chi connectivity index (χ2n) is 5.06. The second kappa shape index (κ2) is 6.88. The number of benzene rings is 1. The first-order valence-electron chi connectivity index (χ1n) is 6.71. The highest BCUT2D eigenvalue weighted by Gasteiger charge is 2.26. The topological polar surface area (TPSA) is 32.3 Å². The van der Waals surface area contributed by atoms with Crippen LogP contribution in [0.15, 0.2) is 12.1 Å². The minimum Gasteiger partial charge on any atom is -0.324 e. The van der Waals surface area contributed by atoms with Crippen LogP contribution in [0, 0.1) is 5.92 Å². The van der Waals surface area contributed by atoms with E-state index in [1.165, 1.54) is 12.8 Å². The smallest absolute Gasteiger partial charge is 0.321 e. The van der Waals surface area contributed by atoms with Crippen molar-refractivity contribution in [2.75, 3.05) is 18.4 Å². The maximum Gasteiger partial charge on any atom is 0.321 e. The standard InChI is InChI=1S/C14H17Cl3N2O/c1-2-5-19(8-9-3-4-9)14(20)18-13-11(16)6-10(15)7-12(13)17/h6-7,9H,2-5,8H2,1H3,(H,18,20). The molecule has 2 amide bonds. The molecular formula is C14H17Cl3N2O. The van der Waals surface area contributed by atoms with Crippen molar-refractivity contribution in [3.63, 3.8) is 0 Å². The average molecular weight is 336 g/mol. The van der Waals surface area contributed by atoms with Crippen molar-refractivity contribution < 1.29 is 4.79 Å². The molecule has 1 aliphatic rings. The Labute approximate surface area is 134 Å². The number of rotatable bonds is 5. The molecule has 1 aliphatic carbocycles. The monoisotopic (exact) mass is 334 g/mol. The third kappa shape index (κ3) is 4.18. The third-order valence-electron chi connectivity index (χ3n) is 3.20. The van der Waals surface area contributed by atoms with Gasteiger partial charge in [0.1, 0.15) is 0 Å². The Hall–Kier alpha value is -0.640. The predicted octanol–water partition coefficient (Wildman–Crippen LogP) is 5.30. The number of carbonyl (C=O) groups is 1. The summed E-state index contributed by atoms with van der Waals surface area (Å²) in [5.41, 5.74) is 0.416. The summed E-state index contributed by atoms with van der Waals surface area (Å²) in [7, 11) is 0. The number of nitrogens with zero attached hydrogens (tertiary/aromatic N) is 1. The predicted molar refractivity (Wildman–Crippen MR) is 85.1 cm³/mol. The SMILES string of the molecule is CCCN(CC1CC1)C(=O)Nc1c(Cl)cc(Cl)cc1Cl. The Morgan fingerprint density at radius 1 is 1.30 bits per heavy atom. The summed E-state index contributed by atoms with van der Waals surface area (Å²) in [5.74, 6) is 0.642. The van der Waals surface area contributed by atoms with Gasteiger partial charge in [-0.05, 0) is 37.3 Å². The molecule has 6 heteroatoms. The van der Waals surface area contributed by atoms with E-state index < -0.39 is 0 Å². The lowest BCUT2D eigenvalue weighted by molar-refractivity contribution is 0.209. The number of amides is 2. The van der Waals surface area contributed by atoms with Gasteiger partial charge in [0.05, 0.1) is 15.7 Å². The Morgan fingerprint density at radius 2 is 1.90 bits per heavy atom. The van der Waals surface area contributed by atoms with Gasteiger partial charge in [-0.1, -0.05) is 41.7 Å². The molecule has 2 rings (SSSR count). The fourth-order valence-corrected chi connectivity index (χ4v) is 2.92. The number of urea groups is 1. The van der Waals surface area contributed by atoms with Crippen molar-refractivity contribution >= 4 is 46.5 Å². The number of halogens is 3. The summed E-state index contributed by atoms with van der Waals surface area (Å²) in [5, 5.41) is 3.93. The van der Waals surface area contributed by atoms with E-state index in [1.807, 2.05) is 4.90 Å². The van der Waals surface area contributed by atoms with Gasteiger partial charge in [0, 0.05) is 18.1 Å². The molecule has 110 valence electrons. The van der Waals surface area contributed by atoms with E-state index >= 15 is 0 Å². The quantitative estimate of drug-likeness (QED) is 0.778. The fraction of sp³-hybridized carbons (Fsp3) is 0.500. The molecule has 0 radical (unpaired) electrons. The normalized spacial score (nSPS) is 14.2. The molecule has 1 aromatic carbocycles. The molecular weight excluding hydrogens is 319 g/mol. The molecule has 0 unspecified atom stereocenters. The van der Waals surface area contributed by atoms with Gasteiger partial charge in [0.25, 0.3) is 0 Å². The third-order valence-corrected chi connectivity index (χ3v) is 4.01. The lowest BCUT2D eigenvalue weighted by Gasteiger charge is -2.23. The molecule has 1 fully saturated rings. The van der Waals surface area contributed by atoms with Crippen molar-refractivity contribution in [2.24, 2.45) is 5.92 Å². The number of hydrogen-bond donors (Lipinski definition) is 1. The summed E-state index contributed by atoms with van der Waals surface area (Å²) in [6, 6.07) is 2.97. The van der Waals surface area contributed by atoms with Crippen LogP contribution >= 0.6 is 34.8 Å². The summed E-state index contributed by atoms with van der Waals surface area (Å²) in [4.78, 5) is 14.1. The highest BCUT2D eigenvalue weighted by atomic mass is 35.5. The van der Waals surface area contributed by atoms with Crippen molar-refractivity contribution in [1.29, 1.82) is 0 Å². The number of anilines is 1. The Kier molecular flexibility index (Phi) is 5.42. The summed E-state index contributed by atoms with van der Waals surface area (Å²) in [6.07, 6.45) is 3.33. The van der Waals surface area contributed by atoms with Crippen LogP contribution < -0.4 is 5.32 Å². The van der Waals surface area contributed by atoms with Gasteiger partial charge >= 0.3 is 6.03 Å². The van der Waals surface area contributed by atoms with E-state index in [0.717, 1.165) is 19.5 Å². The second-order valence-corrected chi connectivity index (χ2v) is 6.31. The van der Waals surface area contributed by atoms with Gasteiger partial charge in [-0.15, -0.1) is 0 Å². The van der Waals surface area contributed by atoms with Crippen LogP contribution in [0.5, 0.6) is 0 Å². The van der Waals surface area contributed by atoms with Crippen molar-refractivity contribution in [3.05, 3.63) is 27.2 Å². The first-order chi connectivity index (χ1) is 9.51. The molecule has 3 nitrogen and oxygen atoms in total. The van der Waals surface area contributed by atoms with Crippen LogP contribution in [-0.2, 0) is 0 Å². The zero-order valence-corrected chi connectivity index (χ0v) is 13.5. The minimum atomic E-state index is -0.162. The van der Waals surface area contributed by atoms with Crippen LogP contribution in [-0.4, -0.2) is 24.0 Å². The molecule has 0 bridgehead atoms. The van der Waals surface area contributed by atoms with Crippen LogP contribution in [0.4, 0.5) is 10.5 Å². The van der Waals surface area contributed by atoms with Gasteiger partial charge in [0.15, 0.2) is 0 Å². The van der Waals surface area contributed by atoms with Gasteiger partial charge in [-0.2, -0.15) is 0 Å². The maximum absolute atomic E-state index is 12.3. The molecule has 0 aromatic heterocycles. The minimum absolute atomic E-state index is 0.162. The van der Waals surface area contributed by atoms with Gasteiger partial charge < -0.3 is 10.2 Å². The van der Waals surface area contributed by atoms with E-state index in [4.69, 9.17) is 34.8 Å². The Balaban J connectivity index is 2.08. The molecule has 0 heterocycles. The van der Waals surface area contributed by atoms with Gasteiger partial charge in [0.2, 0.25) is 0 Å². The lowest BCUT2D eigenvalue weighted by atomic mass is 10.3. The zero-order valence-electron chi connectivity index (χ0n) is 11.3. The van der Waals surface area contributed by atoms with Gasteiger partial charge in [-0.25, -0.2) is 4.79 Å². The largest absolute Gasteiger partial charge is 0.324 e. The molecule has 20 heavy (non-hydrogen) atoms. The number of nitrogens with one attached hydrogen (secondary N) is 1. The van der Waals surface area contributed by atoms with E-state index in [0.29, 0.717) is 26.7 Å². The summed E-state index contributed by atoms with van der Waals surface area (Å²) in [6.45, 7) is 3.57.